The van der Waals surface area contributed by atoms with Crippen LogP contribution in [0.1, 0.15) is 5.01 Å². The Morgan fingerprint density at radius 3 is 3.07 bits per heavy atom. The number of hydrogen-bond acceptors (Lipinski definition) is 3. The highest BCUT2D eigenvalue weighted by Gasteiger charge is 1.95. The Morgan fingerprint density at radius 1 is 1.43 bits per heavy atom. The van der Waals surface area contributed by atoms with Gasteiger partial charge in [0.05, 0.1) is 6.54 Å². The van der Waals surface area contributed by atoms with E-state index in [1.54, 1.807) is 11.3 Å². The Morgan fingerprint density at radius 2 is 2.36 bits per heavy atom. The fraction of sp³-hybridized carbons (Fsp3) is 0.100. The highest BCUT2D eigenvalue weighted by Crippen LogP contribution is 2.14. The molecule has 1 N–H and O–H groups in total. The number of halogens is 1. The minimum Gasteiger partial charge on any atom is -0.378 e. The van der Waals surface area contributed by atoms with Gasteiger partial charge in [0, 0.05) is 20.8 Å². The number of thiazole rings is 1. The van der Waals surface area contributed by atoms with Crippen molar-refractivity contribution in [3.63, 3.8) is 0 Å². The highest BCUT2D eigenvalue weighted by molar-refractivity contribution is 14.1. The summed E-state index contributed by atoms with van der Waals surface area (Å²) in [5.41, 5.74) is 1.15. The van der Waals surface area contributed by atoms with E-state index in [0.29, 0.717) is 0 Å². The van der Waals surface area contributed by atoms with Gasteiger partial charge in [-0.3, -0.25) is 0 Å². The van der Waals surface area contributed by atoms with Crippen molar-refractivity contribution in [2.24, 2.45) is 0 Å². The minimum atomic E-state index is 0.803. The fourth-order valence-electron chi connectivity index (χ4n) is 1.12. The molecule has 1 aromatic carbocycles. The van der Waals surface area contributed by atoms with Gasteiger partial charge in [-0.15, -0.1) is 11.3 Å². The van der Waals surface area contributed by atoms with Gasteiger partial charge in [-0.25, -0.2) is 4.98 Å². The average Bonchev–Trinajstić information content (AvgIpc) is 2.67. The Bertz CT molecular complexity index is 400. The van der Waals surface area contributed by atoms with Gasteiger partial charge in [-0.1, -0.05) is 6.07 Å². The average molecular weight is 316 g/mol. The first-order chi connectivity index (χ1) is 6.84. The smallest absolute Gasteiger partial charge is 0.112 e. The maximum atomic E-state index is 4.21. The Labute approximate surface area is 101 Å². The molecule has 2 nitrogen and oxygen atoms in total. The van der Waals surface area contributed by atoms with Crippen molar-refractivity contribution in [3.8, 4) is 0 Å². The number of nitrogens with one attached hydrogen (secondary N) is 1. The highest BCUT2D eigenvalue weighted by atomic mass is 127. The Balaban J connectivity index is 1.98. The summed E-state index contributed by atoms with van der Waals surface area (Å²) in [7, 11) is 0. The normalized spacial score (nSPS) is 10.1. The third-order valence-electron chi connectivity index (χ3n) is 1.75. The van der Waals surface area contributed by atoms with Crippen LogP contribution < -0.4 is 5.32 Å². The lowest BCUT2D eigenvalue weighted by Crippen LogP contribution is -1.98. The SMILES string of the molecule is Ic1cccc(NCc2nccs2)c1. The van der Waals surface area contributed by atoms with Crippen LogP contribution in [-0.2, 0) is 6.54 Å². The summed E-state index contributed by atoms with van der Waals surface area (Å²) in [5.74, 6) is 0. The lowest BCUT2D eigenvalue weighted by Gasteiger charge is -2.03. The van der Waals surface area contributed by atoms with Crippen LogP contribution in [0.5, 0.6) is 0 Å². The molecule has 0 amide bonds. The molecule has 1 heterocycles. The zero-order chi connectivity index (χ0) is 9.80. The van der Waals surface area contributed by atoms with Crippen molar-refractivity contribution < 1.29 is 0 Å². The lowest BCUT2D eigenvalue weighted by atomic mass is 10.3. The van der Waals surface area contributed by atoms with Crippen LogP contribution in [0.15, 0.2) is 35.8 Å². The van der Waals surface area contributed by atoms with E-state index in [2.05, 4.69) is 51.1 Å². The summed E-state index contributed by atoms with van der Waals surface area (Å²) >= 11 is 3.98. The molecule has 4 heteroatoms. The van der Waals surface area contributed by atoms with Crippen molar-refractivity contribution >= 4 is 39.6 Å². The molecule has 0 radical (unpaired) electrons. The predicted octanol–water partition coefficient (Wildman–Crippen LogP) is 3.36. The Hall–Kier alpha value is -0.620. The summed E-state index contributed by atoms with van der Waals surface area (Å²) in [6.07, 6.45) is 1.83. The van der Waals surface area contributed by atoms with Crippen LogP contribution in [0.3, 0.4) is 0 Å². The summed E-state index contributed by atoms with van der Waals surface area (Å²) < 4.78 is 1.24. The molecule has 0 aliphatic heterocycles. The first-order valence-electron chi connectivity index (χ1n) is 4.22. The lowest BCUT2D eigenvalue weighted by molar-refractivity contribution is 1.10. The van der Waals surface area contributed by atoms with E-state index < -0.39 is 0 Å². The molecular formula is C10H9IN2S. The number of hydrogen-bond donors (Lipinski definition) is 1. The number of nitrogens with zero attached hydrogens (tertiary/aromatic N) is 1. The van der Waals surface area contributed by atoms with Crippen molar-refractivity contribution in [3.05, 3.63) is 44.4 Å². The Kier molecular flexibility index (Phi) is 3.36. The molecule has 2 aromatic rings. The number of benzene rings is 1. The monoisotopic (exact) mass is 316 g/mol. The number of rotatable bonds is 3. The summed E-state index contributed by atoms with van der Waals surface area (Å²) in [4.78, 5) is 4.21. The molecule has 14 heavy (non-hydrogen) atoms. The van der Waals surface area contributed by atoms with Crippen molar-refractivity contribution in [2.75, 3.05) is 5.32 Å². The van der Waals surface area contributed by atoms with Gasteiger partial charge >= 0.3 is 0 Å². The van der Waals surface area contributed by atoms with E-state index in [9.17, 15) is 0 Å². The maximum Gasteiger partial charge on any atom is 0.112 e. The molecule has 0 unspecified atom stereocenters. The first-order valence-corrected chi connectivity index (χ1v) is 6.18. The first kappa shape index (κ1) is 9.92. The number of anilines is 1. The van der Waals surface area contributed by atoms with Crippen molar-refractivity contribution in [2.45, 2.75) is 6.54 Å². The molecule has 0 spiro atoms. The van der Waals surface area contributed by atoms with Gasteiger partial charge < -0.3 is 5.32 Å². The van der Waals surface area contributed by atoms with Gasteiger partial charge in [0.25, 0.3) is 0 Å². The summed E-state index contributed by atoms with van der Waals surface area (Å²) in [6.45, 7) is 0.803. The third kappa shape index (κ3) is 2.68. The van der Waals surface area contributed by atoms with Crippen LogP contribution in [0.4, 0.5) is 5.69 Å². The van der Waals surface area contributed by atoms with Gasteiger partial charge in [-0.05, 0) is 40.8 Å². The molecule has 0 bridgehead atoms. The largest absolute Gasteiger partial charge is 0.378 e. The zero-order valence-corrected chi connectivity index (χ0v) is 10.4. The summed E-state index contributed by atoms with van der Waals surface area (Å²) in [5, 5.41) is 6.44. The van der Waals surface area contributed by atoms with E-state index in [4.69, 9.17) is 0 Å². The van der Waals surface area contributed by atoms with Crippen LogP contribution in [0.2, 0.25) is 0 Å². The molecule has 0 saturated heterocycles. The topological polar surface area (TPSA) is 24.9 Å². The quantitative estimate of drug-likeness (QED) is 0.879. The zero-order valence-electron chi connectivity index (χ0n) is 7.40. The van der Waals surface area contributed by atoms with E-state index in [-0.39, 0.29) is 0 Å². The molecule has 0 fully saturated rings. The molecule has 0 aliphatic rings. The molecule has 0 aliphatic carbocycles. The van der Waals surface area contributed by atoms with Crippen LogP contribution >= 0.6 is 33.9 Å². The molecule has 0 atom stereocenters. The number of aromatic nitrogens is 1. The predicted molar refractivity (Wildman–Crippen MR) is 68.6 cm³/mol. The fourth-order valence-corrected chi connectivity index (χ4v) is 2.22. The van der Waals surface area contributed by atoms with E-state index in [0.717, 1.165) is 17.2 Å². The van der Waals surface area contributed by atoms with E-state index in [1.807, 2.05) is 17.6 Å². The van der Waals surface area contributed by atoms with Crippen LogP contribution in [0, 0.1) is 3.57 Å². The summed E-state index contributed by atoms with van der Waals surface area (Å²) in [6, 6.07) is 8.31. The second kappa shape index (κ2) is 4.75. The molecule has 72 valence electrons. The second-order valence-corrected chi connectivity index (χ2v) is 5.01. The third-order valence-corrected chi connectivity index (χ3v) is 3.20. The van der Waals surface area contributed by atoms with E-state index in [1.165, 1.54) is 3.57 Å². The maximum absolute atomic E-state index is 4.21. The minimum absolute atomic E-state index is 0.803. The standard InChI is InChI=1S/C10H9IN2S/c11-8-2-1-3-9(6-8)13-7-10-12-4-5-14-10/h1-6,13H,7H2. The van der Waals surface area contributed by atoms with Gasteiger partial charge in [-0.2, -0.15) is 0 Å². The van der Waals surface area contributed by atoms with Crippen LogP contribution in [0.25, 0.3) is 0 Å². The van der Waals surface area contributed by atoms with Gasteiger partial charge in [0.2, 0.25) is 0 Å². The second-order valence-electron chi connectivity index (χ2n) is 2.79. The van der Waals surface area contributed by atoms with E-state index >= 15 is 0 Å². The van der Waals surface area contributed by atoms with Crippen molar-refractivity contribution in [1.82, 2.24) is 4.98 Å². The van der Waals surface area contributed by atoms with Gasteiger partial charge in [0.15, 0.2) is 0 Å². The molecular weight excluding hydrogens is 307 g/mol. The van der Waals surface area contributed by atoms with Crippen LogP contribution in [-0.4, -0.2) is 4.98 Å². The molecule has 1 aromatic heterocycles. The van der Waals surface area contributed by atoms with Gasteiger partial charge in [0.1, 0.15) is 5.01 Å². The van der Waals surface area contributed by atoms with Crippen molar-refractivity contribution in [1.29, 1.82) is 0 Å². The molecule has 2 rings (SSSR count). The molecule has 0 saturated carbocycles.